The quantitative estimate of drug-likeness (QED) is 0.686. The lowest BCUT2D eigenvalue weighted by Crippen LogP contribution is -2.65. The summed E-state index contributed by atoms with van der Waals surface area (Å²) in [5, 5.41) is 10.0. The highest BCUT2D eigenvalue weighted by Gasteiger charge is 2.55. The SMILES string of the molecule is COC(C)(OC)C(C)(OC)C(C)(C)O. The second-order valence-electron chi connectivity index (χ2n) is 4.15. The number of rotatable bonds is 5. The van der Waals surface area contributed by atoms with E-state index in [9.17, 15) is 5.11 Å². The van der Waals surface area contributed by atoms with Crippen molar-refractivity contribution in [1.29, 1.82) is 0 Å². The summed E-state index contributed by atoms with van der Waals surface area (Å²) in [6.45, 7) is 6.80. The van der Waals surface area contributed by atoms with Crippen molar-refractivity contribution >= 4 is 0 Å². The zero-order valence-corrected chi connectivity index (χ0v) is 10.2. The van der Waals surface area contributed by atoms with Crippen LogP contribution in [0, 0.1) is 0 Å². The van der Waals surface area contributed by atoms with Crippen molar-refractivity contribution in [2.24, 2.45) is 0 Å². The highest BCUT2D eigenvalue weighted by molar-refractivity contribution is 5.01. The molecule has 0 aromatic heterocycles. The molecule has 4 heteroatoms. The molecule has 4 nitrogen and oxygen atoms in total. The summed E-state index contributed by atoms with van der Waals surface area (Å²) >= 11 is 0. The van der Waals surface area contributed by atoms with Gasteiger partial charge in [0.15, 0.2) is 5.79 Å². The van der Waals surface area contributed by atoms with Gasteiger partial charge in [-0.15, -0.1) is 0 Å². The maximum atomic E-state index is 10.0. The first-order valence-corrected chi connectivity index (χ1v) is 4.56. The number of hydrogen-bond donors (Lipinski definition) is 1. The van der Waals surface area contributed by atoms with Gasteiger partial charge >= 0.3 is 0 Å². The third-order valence-electron chi connectivity index (χ3n) is 3.22. The standard InChI is InChI=1S/C10H22O4/c1-8(2,11)9(3,12-5)10(4,13-6)14-7/h11H,1-7H3. The first kappa shape index (κ1) is 13.8. The molecule has 0 rings (SSSR count). The van der Waals surface area contributed by atoms with E-state index >= 15 is 0 Å². The first-order valence-electron chi connectivity index (χ1n) is 4.56. The van der Waals surface area contributed by atoms with Crippen LogP contribution in [0.25, 0.3) is 0 Å². The van der Waals surface area contributed by atoms with Crippen molar-refractivity contribution in [3.8, 4) is 0 Å². The van der Waals surface area contributed by atoms with E-state index in [2.05, 4.69) is 0 Å². The topological polar surface area (TPSA) is 47.9 Å². The largest absolute Gasteiger partial charge is 0.387 e. The first-order chi connectivity index (χ1) is 6.18. The van der Waals surface area contributed by atoms with E-state index in [1.165, 1.54) is 21.3 Å². The molecule has 1 N–H and O–H groups in total. The van der Waals surface area contributed by atoms with Crippen LogP contribution in [0.2, 0.25) is 0 Å². The van der Waals surface area contributed by atoms with Crippen LogP contribution < -0.4 is 0 Å². The minimum absolute atomic E-state index is 0.955. The molecule has 0 spiro atoms. The molecule has 0 aliphatic rings. The molecule has 0 heterocycles. The molecule has 0 aliphatic carbocycles. The molecule has 14 heavy (non-hydrogen) atoms. The van der Waals surface area contributed by atoms with Crippen LogP contribution in [-0.4, -0.2) is 43.4 Å². The molecule has 1 unspecified atom stereocenters. The van der Waals surface area contributed by atoms with Gasteiger partial charge in [0.25, 0.3) is 0 Å². The third-order valence-corrected chi connectivity index (χ3v) is 3.22. The van der Waals surface area contributed by atoms with Gasteiger partial charge in [0, 0.05) is 21.3 Å². The Morgan fingerprint density at radius 3 is 1.21 bits per heavy atom. The van der Waals surface area contributed by atoms with Gasteiger partial charge in [0.05, 0.1) is 5.60 Å². The fourth-order valence-electron chi connectivity index (χ4n) is 1.46. The number of aliphatic hydroxyl groups is 1. The van der Waals surface area contributed by atoms with Crippen LogP contribution in [0.3, 0.4) is 0 Å². The summed E-state index contributed by atoms with van der Waals surface area (Å²) in [5.41, 5.74) is -2.04. The highest BCUT2D eigenvalue weighted by atomic mass is 16.7. The minimum atomic E-state index is -1.08. The summed E-state index contributed by atoms with van der Waals surface area (Å²) in [6, 6.07) is 0. The molecule has 0 radical (unpaired) electrons. The van der Waals surface area contributed by atoms with Crippen molar-refractivity contribution in [3.63, 3.8) is 0 Å². The van der Waals surface area contributed by atoms with Crippen molar-refractivity contribution < 1.29 is 19.3 Å². The summed E-state index contributed by atoms with van der Waals surface area (Å²) in [4.78, 5) is 0. The van der Waals surface area contributed by atoms with Gasteiger partial charge in [-0.3, -0.25) is 0 Å². The fraction of sp³-hybridized carbons (Fsp3) is 1.00. The molecule has 0 amide bonds. The summed E-state index contributed by atoms with van der Waals surface area (Å²) in [5.74, 6) is -1.00. The van der Waals surface area contributed by atoms with E-state index in [0.717, 1.165) is 0 Å². The predicted octanol–water partition coefficient (Wildman–Crippen LogP) is 1.17. The molecule has 0 bridgehead atoms. The van der Waals surface area contributed by atoms with Crippen LogP contribution in [0.5, 0.6) is 0 Å². The van der Waals surface area contributed by atoms with E-state index in [1.807, 2.05) is 0 Å². The molecule has 0 saturated carbocycles. The normalized spacial score (nSPS) is 18.0. The van der Waals surface area contributed by atoms with Gasteiger partial charge in [-0.1, -0.05) is 0 Å². The average molecular weight is 206 g/mol. The van der Waals surface area contributed by atoms with Gasteiger partial charge < -0.3 is 19.3 Å². The van der Waals surface area contributed by atoms with Crippen LogP contribution in [0.1, 0.15) is 27.7 Å². The van der Waals surface area contributed by atoms with Gasteiger partial charge in [-0.25, -0.2) is 0 Å². The molecule has 0 aliphatic heterocycles. The minimum Gasteiger partial charge on any atom is -0.387 e. The Morgan fingerprint density at radius 1 is 0.786 bits per heavy atom. The number of methoxy groups -OCH3 is 3. The monoisotopic (exact) mass is 206 g/mol. The second kappa shape index (κ2) is 4.14. The Balaban J connectivity index is 5.22. The van der Waals surface area contributed by atoms with Gasteiger partial charge in [-0.2, -0.15) is 0 Å². The summed E-state index contributed by atoms with van der Waals surface area (Å²) in [6.07, 6.45) is 0. The third kappa shape index (κ3) is 1.93. The molecule has 0 saturated heterocycles. The van der Waals surface area contributed by atoms with Gasteiger partial charge in [0.1, 0.15) is 5.60 Å². The highest BCUT2D eigenvalue weighted by Crippen LogP contribution is 2.38. The van der Waals surface area contributed by atoms with Gasteiger partial charge in [-0.05, 0) is 27.7 Å². The van der Waals surface area contributed by atoms with Crippen LogP contribution in [0.4, 0.5) is 0 Å². The lowest BCUT2D eigenvalue weighted by Gasteiger charge is -2.49. The van der Waals surface area contributed by atoms with Crippen molar-refractivity contribution in [3.05, 3.63) is 0 Å². The zero-order chi connectivity index (χ0) is 11.6. The maximum Gasteiger partial charge on any atom is 0.196 e. The van der Waals surface area contributed by atoms with E-state index in [4.69, 9.17) is 14.2 Å². The van der Waals surface area contributed by atoms with Gasteiger partial charge in [0.2, 0.25) is 0 Å². The Kier molecular flexibility index (Phi) is 4.10. The summed E-state index contributed by atoms with van der Waals surface area (Å²) < 4.78 is 15.9. The molecular formula is C10H22O4. The lowest BCUT2D eigenvalue weighted by molar-refractivity contribution is -0.332. The molecule has 1 atom stereocenters. The van der Waals surface area contributed by atoms with Crippen molar-refractivity contribution in [2.75, 3.05) is 21.3 Å². The van der Waals surface area contributed by atoms with Crippen molar-refractivity contribution in [1.82, 2.24) is 0 Å². The Labute approximate surface area is 86.2 Å². The Hall–Kier alpha value is -0.160. The van der Waals surface area contributed by atoms with Crippen LogP contribution in [0.15, 0.2) is 0 Å². The predicted molar refractivity (Wildman–Crippen MR) is 54.1 cm³/mol. The average Bonchev–Trinajstić information content (AvgIpc) is 2.13. The molecule has 0 fully saturated rings. The lowest BCUT2D eigenvalue weighted by atomic mass is 9.80. The molecule has 86 valence electrons. The van der Waals surface area contributed by atoms with E-state index < -0.39 is 17.0 Å². The van der Waals surface area contributed by atoms with Crippen LogP contribution >= 0.6 is 0 Å². The van der Waals surface area contributed by atoms with Crippen molar-refractivity contribution in [2.45, 2.75) is 44.7 Å². The van der Waals surface area contributed by atoms with E-state index in [0.29, 0.717) is 0 Å². The molecule has 0 aromatic carbocycles. The van der Waals surface area contributed by atoms with Crippen LogP contribution in [-0.2, 0) is 14.2 Å². The number of hydrogen-bond acceptors (Lipinski definition) is 4. The number of ether oxygens (including phenoxy) is 3. The zero-order valence-electron chi connectivity index (χ0n) is 10.2. The molecule has 0 aromatic rings. The smallest absolute Gasteiger partial charge is 0.196 e. The van der Waals surface area contributed by atoms with E-state index in [-0.39, 0.29) is 0 Å². The Bertz CT molecular complexity index is 181. The van der Waals surface area contributed by atoms with E-state index in [1.54, 1.807) is 27.7 Å². The summed E-state index contributed by atoms with van der Waals surface area (Å²) in [7, 11) is 4.56. The fourth-order valence-corrected chi connectivity index (χ4v) is 1.46. The molecular weight excluding hydrogens is 184 g/mol. The maximum absolute atomic E-state index is 10.0. The second-order valence-corrected chi connectivity index (χ2v) is 4.15. The Morgan fingerprint density at radius 2 is 1.14 bits per heavy atom.